The van der Waals surface area contributed by atoms with E-state index in [1.54, 1.807) is 11.3 Å². The number of carbonyl (C=O) groups is 1. The second-order valence-corrected chi connectivity index (χ2v) is 6.04. The maximum atomic E-state index is 12.3. The van der Waals surface area contributed by atoms with E-state index in [2.05, 4.69) is 27.7 Å². The summed E-state index contributed by atoms with van der Waals surface area (Å²) in [5.74, 6) is -0.209. The first kappa shape index (κ1) is 15.9. The third-order valence-corrected chi connectivity index (χ3v) is 4.23. The molecule has 1 N–H and O–H groups in total. The van der Waals surface area contributed by atoms with Crippen molar-refractivity contribution in [1.82, 2.24) is 10.2 Å². The van der Waals surface area contributed by atoms with Gasteiger partial charge in [-0.05, 0) is 43.4 Å². The van der Waals surface area contributed by atoms with Gasteiger partial charge in [-0.25, -0.2) is 4.79 Å². The van der Waals surface area contributed by atoms with Gasteiger partial charge in [0.2, 0.25) is 0 Å². The van der Waals surface area contributed by atoms with E-state index in [1.165, 1.54) is 4.70 Å². The molecule has 2 aromatic rings. The minimum absolute atomic E-state index is 0.209. The first-order chi connectivity index (χ1) is 10.1. The third kappa shape index (κ3) is 4.03. The van der Waals surface area contributed by atoms with Crippen molar-refractivity contribution in [2.24, 2.45) is 0 Å². The highest BCUT2D eigenvalue weighted by molar-refractivity contribution is 7.17. The number of benzene rings is 1. The van der Waals surface area contributed by atoms with Crippen LogP contribution >= 0.6 is 11.3 Å². The molecule has 1 heterocycles. The average Bonchev–Trinajstić information content (AvgIpc) is 2.87. The summed E-state index contributed by atoms with van der Waals surface area (Å²) in [5.41, 5.74) is 1.01. The lowest BCUT2D eigenvalue weighted by Gasteiger charge is -2.18. The molecule has 0 aliphatic rings. The smallest absolute Gasteiger partial charge is 0.327 e. The SMILES string of the molecule is CCOC(=O)C(NCCN(C)C)c1csc2ccccc12. The molecule has 1 aromatic heterocycles. The molecule has 21 heavy (non-hydrogen) atoms. The first-order valence-corrected chi connectivity index (χ1v) is 8.02. The fraction of sp³-hybridized carbons (Fsp3) is 0.438. The van der Waals surface area contributed by atoms with Gasteiger partial charge >= 0.3 is 5.97 Å². The lowest BCUT2D eigenvalue weighted by Crippen LogP contribution is -2.34. The minimum Gasteiger partial charge on any atom is -0.465 e. The zero-order chi connectivity index (χ0) is 15.2. The molecule has 0 saturated heterocycles. The van der Waals surface area contributed by atoms with Crippen LogP contribution in [0.5, 0.6) is 0 Å². The Hall–Kier alpha value is -1.43. The number of esters is 1. The van der Waals surface area contributed by atoms with Gasteiger partial charge in [0.15, 0.2) is 0 Å². The predicted octanol–water partition coefficient (Wildman–Crippen LogP) is 2.66. The normalized spacial score (nSPS) is 12.8. The molecule has 114 valence electrons. The molecule has 2 rings (SSSR count). The maximum absolute atomic E-state index is 12.3. The Labute approximate surface area is 129 Å². The van der Waals surface area contributed by atoms with Crippen molar-refractivity contribution < 1.29 is 9.53 Å². The molecule has 0 spiro atoms. The van der Waals surface area contributed by atoms with E-state index >= 15 is 0 Å². The number of nitrogens with one attached hydrogen (secondary N) is 1. The number of ether oxygens (including phenoxy) is 1. The zero-order valence-corrected chi connectivity index (χ0v) is 13.6. The van der Waals surface area contributed by atoms with Crippen molar-refractivity contribution in [2.75, 3.05) is 33.8 Å². The number of likely N-dealkylation sites (N-methyl/N-ethyl adjacent to an activating group) is 1. The summed E-state index contributed by atoms with van der Waals surface area (Å²) >= 11 is 1.66. The van der Waals surface area contributed by atoms with Crippen LogP contribution in [0.1, 0.15) is 18.5 Å². The van der Waals surface area contributed by atoms with Crippen molar-refractivity contribution in [3.05, 3.63) is 35.2 Å². The van der Waals surface area contributed by atoms with E-state index in [-0.39, 0.29) is 5.97 Å². The molecule has 1 aromatic carbocycles. The van der Waals surface area contributed by atoms with Gasteiger partial charge in [-0.15, -0.1) is 11.3 Å². The number of hydrogen-bond donors (Lipinski definition) is 1. The van der Waals surface area contributed by atoms with Gasteiger partial charge in [0.1, 0.15) is 6.04 Å². The highest BCUT2D eigenvalue weighted by atomic mass is 32.1. The van der Waals surface area contributed by atoms with Gasteiger partial charge in [-0.3, -0.25) is 5.32 Å². The van der Waals surface area contributed by atoms with Crippen LogP contribution in [0.2, 0.25) is 0 Å². The van der Waals surface area contributed by atoms with Crippen molar-refractivity contribution in [2.45, 2.75) is 13.0 Å². The Morgan fingerprint density at radius 1 is 1.38 bits per heavy atom. The van der Waals surface area contributed by atoms with Crippen molar-refractivity contribution in [3.8, 4) is 0 Å². The van der Waals surface area contributed by atoms with Gasteiger partial charge in [-0.1, -0.05) is 18.2 Å². The first-order valence-electron chi connectivity index (χ1n) is 7.14. The second-order valence-electron chi connectivity index (χ2n) is 5.13. The van der Waals surface area contributed by atoms with E-state index in [0.29, 0.717) is 6.61 Å². The van der Waals surface area contributed by atoms with Crippen LogP contribution in [-0.2, 0) is 9.53 Å². The fourth-order valence-corrected chi connectivity index (χ4v) is 3.19. The topological polar surface area (TPSA) is 41.6 Å². The fourth-order valence-electron chi connectivity index (χ4n) is 2.20. The largest absolute Gasteiger partial charge is 0.465 e. The van der Waals surface area contributed by atoms with Crippen LogP contribution in [0.25, 0.3) is 10.1 Å². The summed E-state index contributed by atoms with van der Waals surface area (Å²) in [6.45, 7) is 3.84. The zero-order valence-electron chi connectivity index (χ0n) is 12.8. The number of nitrogens with zero attached hydrogens (tertiary/aromatic N) is 1. The van der Waals surface area contributed by atoms with Crippen LogP contribution in [0.15, 0.2) is 29.6 Å². The second kappa shape index (κ2) is 7.54. The summed E-state index contributed by atoms with van der Waals surface area (Å²) in [4.78, 5) is 14.4. The van der Waals surface area contributed by atoms with Gasteiger partial charge in [-0.2, -0.15) is 0 Å². The molecule has 0 saturated carbocycles. The molecule has 5 heteroatoms. The van der Waals surface area contributed by atoms with Crippen molar-refractivity contribution in [1.29, 1.82) is 0 Å². The van der Waals surface area contributed by atoms with E-state index in [9.17, 15) is 4.79 Å². The highest BCUT2D eigenvalue weighted by Crippen LogP contribution is 2.30. The Morgan fingerprint density at radius 3 is 2.86 bits per heavy atom. The van der Waals surface area contributed by atoms with Gasteiger partial charge < -0.3 is 9.64 Å². The van der Waals surface area contributed by atoms with Gasteiger partial charge in [0.25, 0.3) is 0 Å². The van der Waals surface area contributed by atoms with E-state index in [1.807, 2.05) is 33.2 Å². The number of fused-ring (bicyclic) bond motifs is 1. The lowest BCUT2D eigenvalue weighted by molar-refractivity contribution is -0.145. The summed E-state index contributed by atoms with van der Waals surface area (Å²) in [6, 6.07) is 7.75. The van der Waals surface area contributed by atoms with Crippen LogP contribution in [0.3, 0.4) is 0 Å². The minimum atomic E-state index is -0.402. The van der Waals surface area contributed by atoms with E-state index < -0.39 is 6.04 Å². The van der Waals surface area contributed by atoms with Crippen molar-refractivity contribution in [3.63, 3.8) is 0 Å². The van der Waals surface area contributed by atoms with Crippen molar-refractivity contribution >= 4 is 27.4 Å². The Morgan fingerprint density at radius 2 is 2.14 bits per heavy atom. The quantitative estimate of drug-likeness (QED) is 0.799. The molecule has 0 bridgehead atoms. The number of hydrogen-bond acceptors (Lipinski definition) is 5. The Balaban J connectivity index is 2.23. The summed E-state index contributed by atoms with van der Waals surface area (Å²) in [5, 5.41) is 6.49. The average molecular weight is 306 g/mol. The summed E-state index contributed by atoms with van der Waals surface area (Å²) < 4.78 is 6.41. The number of rotatable bonds is 7. The monoisotopic (exact) mass is 306 g/mol. The maximum Gasteiger partial charge on any atom is 0.327 e. The summed E-state index contributed by atoms with van der Waals surface area (Å²) in [7, 11) is 4.03. The highest BCUT2D eigenvalue weighted by Gasteiger charge is 2.24. The molecular weight excluding hydrogens is 284 g/mol. The van der Waals surface area contributed by atoms with E-state index in [0.717, 1.165) is 24.0 Å². The number of thiophene rings is 1. The van der Waals surface area contributed by atoms with Gasteiger partial charge in [0.05, 0.1) is 6.61 Å². The lowest BCUT2D eigenvalue weighted by atomic mass is 10.1. The molecule has 0 fully saturated rings. The van der Waals surface area contributed by atoms with Gasteiger partial charge in [0, 0.05) is 17.8 Å². The summed E-state index contributed by atoms with van der Waals surface area (Å²) in [6.07, 6.45) is 0. The molecule has 0 aliphatic carbocycles. The van der Waals surface area contributed by atoms with Crippen LogP contribution in [-0.4, -0.2) is 44.7 Å². The Bertz CT molecular complexity index is 595. The standard InChI is InChI=1S/C16H22N2O2S/c1-4-20-16(19)15(17-9-10-18(2)3)13-11-21-14-8-6-5-7-12(13)14/h5-8,11,15,17H,4,9-10H2,1-3H3. The third-order valence-electron chi connectivity index (χ3n) is 3.25. The number of carbonyl (C=O) groups excluding carboxylic acids is 1. The van der Waals surface area contributed by atoms with Crippen LogP contribution in [0.4, 0.5) is 0 Å². The molecule has 0 amide bonds. The van der Waals surface area contributed by atoms with Crippen LogP contribution in [0, 0.1) is 0 Å². The predicted molar refractivity (Wildman–Crippen MR) is 87.8 cm³/mol. The molecule has 1 atom stereocenters. The molecule has 4 nitrogen and oxygen atoms in total. The molecular formula is C16H22N2O2S. The molecule has 1 unspecified atom stereocenters. The molecule has 0 aliphatic heterocycles. The molecule has 0 radical (unpaired) electrons. The van der Waals surface area contributed by atoms with E-state index in [4.69, 9.17) is 4.74 Å². The van der Waals surface area contributed by atoms with Crippen LogP contribution < -0.4 is 5.32 Å². The Kier molecular flexibility index (Phi) is 5.73.